The molecule has 24 heavy (non-hydrogen) atoms. The highest BCUT2D eigenvalue weighted by atomic mass is 35.5. The number of pyridine rings is 1. The van der Waals surface area contributed by atoms with Crippen LogP contribution in [-0.2, 0) is 0 Å². The molecule has 0 spiro atoms. The van der Waals surface area contributed by atoms with Gasteiger partial charge in [0.15, 0.2) is 5.65 Å². The number of hydrogen-bond acceptors (Lipinski definition) is 3. The van der Waals surface area contributed by atoms with Crippen molar-refractivity contribution in [3.8, 4) is 0 Å². The predicted molar refractivity (Wildman–Crippen MR) is 98.5 cm³/mol. The Labute approximate surface area is 147 Å². The molecular formula is C18H25ClN4O. The first kappa shape index (κ1) is 17.2. The summed E-state index contributed by atoms with van der Waals surface area (Å²) in [4.78, 5) is 12.4. The van der Waals surface area contributed by atoms with Gasteiger partial charge in [-0.3, -0.25) is 0 Å². The Kier molecular flexibility index (Phi) is 4.83. The van der Waals surface area contributed by atoms with Gasteiger partial charge in [-0.25, -0.2) is 9.97 Å². The van der Waals surface area contributed by atoms with Crippen LogP contribution in [0.3, 0.4) is 0 Å². The molecule has 5 nitrogen and oxygen atoms in total. The summed E-state index contributed by atoms with van der Waals surface area (Å²) in [5.41, 5.74) is 3.53. The number of imidazole rings is 1. The summed E-state index contributed by atoms with van der Waals surface area (Å²) in [5, 5.41) is 11.8. The van der Waals surface area contributed by atoms with E-state index in [4.69, 9.17) is 11.6 Å². The van der Waals surface area contributed by atoms with Crippen molar-refractivity contribution in [3.63, 3.8) is 0 Å². The number of aryl methyl sites for hydroxylation is 1. The van der Waals surface area contributed by atoms with Crippen LogP contribution in [0.4, 0.5) is 0 Å². The summed E-state index contributed by atoms with van der Waals surface area (Å²) in [5.74, 6) is 0.453. The number of H-pyrrole nitrogens is 1. The van der Waals surface area contributed by atoms with Gasteiger partial charge in [0.1, 0.15) is 10.7 Å². The van der Waals surface area contributed by atoms with Gasteiger partial charge in [0.05, 0.1) is 24.0 Å². The maximum absolute atomic E-state index is 10.4. The van der Waals surface area contributed by atoms with E-state index in [1.807, 2.05) is 31.4 Å². The molecule has 4 rings (SSSR count). The first-order valence-corrected chi connectivity index (χ1v) is 9.17. The lowest BCUT2D eigenvalue weighted by Crippen LogP contribution is -2.23. The lowest BCUT2D eigenvalue weighted by atomic mass is 10.00. The molecule has 0 unspecified atom stereocenters. The third-order valence-corrected chi connectivity index (χ3v) is 5.23. The Morgan fingerprint density at radius 2 is 2.12 bits per heavy atom. The summed E-state index contributed by atoms with van der Waals surface area (Å²) in [6.45, 7) is 8.16. The highest BCUT2D eigenvalue weighted by Gasteiger charge is 2.36. The molecule has 3 atom stereocenters. The van der Waals surface area contributed by atoms with Crippen molar-refractivity contribution in [1.82, 2.24) is 19.5 Å². The number of aromatic nitrogens is 4. The molecule has 1 aliphatic carbocycles. The number of nitrogens with one attached hydrogen (secondary N) is 1. The fourth-order valence-electron chi connectivity index (χ4n) is 3.85. The third-order valence-electron chi connectivity index (χ3n) is 4.94. The van der Waals surface area contributed by atoms with E-state index in [1.165, 1.54) is 0 Å². The van der Waals surface area contributed by atoms with Gasteiger partial charge in [-0.2, -0.15) is 0 Å². The number of aliphatic hydroxyl groups excluding tert-OH is 1. The second-order valence-corrected chi connectivity index (χ2v) is 6.63. The average molecular weight is 349 g/mol. The van der Waals surface area contributed by atoms with Crippen molar-refractivity contribution in [2.24, 2.45) is 5.92 Å². The third kappa shape index (κ3) is 2.60. The van der Waals surface area contributed by atoms with Crippen LogP contribution in [0.15, 0.2) is 12.4 Å². The quantitative estimate of drug-likeness (QED) is 0.664. The highest BCUT2D eigenvalue weighted by molar-refractivity contribution is 6.35. The lowest BCUT2D eigenvalue weighted by molar-refractivity contribution is 0.123. The molecule has 6 heteroatoms. The van der Waals surface area contributed by atoms with Gasteiger partial charge in [0.25, 0.3) is 0 Å². The largest absolute Gasteiger partial charge is 0.391 e. The van der Waals surface area contributed by atoms with E-state index in [-0.39, 0.29) is 12.1 Å². The first-order chi connectivity index (χ1) is 11.6. The number of nitrogens with zero attached hydrogens (tertiary/aromatic N) is 3. The minimum Gasteiger partial charge on any atom is -0.391 e. The lowest BCUT2D eigenvalue weighted by Gasteiger charge is -2.23. The van der Waals surface area contributed by atoms with Crippen LogP contribution in [0, 0.1) is 12.8 Å². The van der Waals surface area contributed by atoms with Gasteiger partial charge in [-0.1, -0.05) is 38.8 Å². The Morgan fingerprint density at radius 1 is 1.38 bits per heavy atom. The normalized spacial score (nSPS) is 23.7. The average Bonchev–Trinajstić information content (AvgIpc) is 3.25. The van der Waals surface area contributed by atoms with Crippen molar-refractivity contribution in [2.45, 2.75) is 59.1 Å². The summed E-state index contributed by atoms with van der Waals surface area (Å²) < 4.78 is 2.02. The van der Waals surface area contributed by atoms with Gasteiger partial charge in [0.2, 0.25) is 0 Å². The van der Waals surface area contributed by atoms with Crippen LogP contribution < -0.4 is 0 Å². The molecule has 1 fully saturated rings. The summed E-state index contributed by atoms with van der Waals surface area (Å²) >= 11 is 6.36. The van der Waals surface area contributed by atoms with Gasteiger partial charge < -0.3 is 14.7 Å². The summed E-state index contributed by atoms with van der Waals surface area (Å²) in [6, 6.07) is 2.02. The molecule has 1 aliphatic rings. The van der Waals surface area contributed by atoms with Crippen LogP contribution in [0.5, 0.6) is 0 Å². The predicted octanol–water partition coefficient (Wildman–Crippen LogP) is 4.62. The van der Waals surface area contributed by atoms with E-state index in [0.717, 1.165) is 47.0 Å². The zero-order valence-electron chi connectivity index (χ0n) is 14.7. The van der Waals surface area contributed by atoms with Crippen LogP contribution in [0.1, 0.15) is 51.8 Å². The number of rotatable bonds is 2. The molecule has 130 valence electrons. The Hall–Kier alpha value is -1.59. The van der Waals surface area contributed by atoms with Crippen LogP contribution >= 0.6 is 11.6 Å². The zero-order valence-corrected chi connectivity index (χ0v) is 15.4. The minimum atomic E-state index is -0.344. The SMILES string of the molecule is CC.CC[C@H]1CC[C@@H](O)[C@@H]1n1cnc2c3[nH]c(C)cc3c(Cl)nc21. The fraction of sp³-hybridized carbons (Fsp3) is 0.556. The van der Waals surface area contributed by atoms with E-state index < -0.39 is 0 Å². The van der Waals surface area contributed by atoms with E-state index in [2.05, 4.69) is 21.9 Å². The van der Waals surface area contributed by atoms with Gasteiger partial charge in [-0.05, 0) is 31.7 Å². The summed E-state index contributed by atoms with van der Waals surface area (Å²) in [6.07, 6.45) is 4.37. The molecule has 0 saturated heterocycles. The number of hydrogen-bond donors (Lipinski definition) is 2. The number of aromatic amines is 1. The van der Waals surface area contributed by atoms with Crippen molar-refractivity contribution in [2.75, 3.05) is 0 Å². The molecule has 2 N–H and O–H groups in total. The smallest absolute Gasteiger partial charge is 0.164 e. The standard InChI is InChI=1S/C16H19ClN4O.C2H6/c1-3-9-4-5-11(22)14(9)21-7-18-13-12-10(6-8(2)19-12)15(17)20-16(13)21;1-2/h6-7,9,11,14,19,22H,3-5H2,1-2H3;1-2H3/t9-,11+,14+;/m0./s1. The van der Waals surface area contributed by atoms with Crippen molar-refractivity contribution in [3.05, 3.63) is 23.2 Å². The molecule has 1 saturated carbocycles. The molecule has 0 amide bonds. The molecule has 3 aromatic rings. The minimum absolute atomic E-state index is 0.0343. The van der Waals surface area contributed by atoms with Crippen LogP contribution in [0.2, 0.25) is 5.15 Å². The molecular weight excluding hydrogens is 324 g/mol. The molecule has 3 aromatic heterocycles. The maximum Gasteiger partial charge on any atom is 0.164 e. The Bertz CT molecular complexity index is 854. The van der Waals surface area contributed by atoms with Crippen molar-refractivity contribution >= 4 is 33.7 Å². The molecule has 0 bridgehead atoms. The number of aliphatic hydroxyl groups is 1. The molecule has 0 aliphatic heterocycles. The van der Waals surface area contributed by atoms with Crippen molar-refractivity contribution < 1.29 is 5.11 Å². The topological polar surface area (TPSA) is 66.7 Å². The fourth-order valence-corrected chi connectivity index (χ4v) is 4.08. The first-order valence-electron chi connectivity index (χ1n) is 8.79. The van der Waals surface area contributed by atoms with E-state index in [9.17, 15) is 5.11 Å². The summed E-state index contributed by atoms with van der Waals surface area (Å²) in [7, 11) is 0. The molecule has 3 heterocycles. The second-order valence-electron chi connectivity index (χ2n) is 6.27. The Balaban J connectivity index is 0.000000815. The monoisotopic (exact) mass is 348 g/mol. The number of fused-ring (bicyclic) bond motifs is 3. The van der Waals surface area contributed by atoms with Gasteiger partial charge in [-0.15, -0.1) is 0 Å². The maximum atomic E-state index is 10.4. The molecule has 0 aromatic carbocycles. The van der Waals surface area contributed by atoms with E-state index in [0.29, 0.717) is 11.1 Å². The van der Waals surface area contributed by atoms with Gasteiger partial charge in [0, 0.05) is 11.1 Å². The Morgan fingerprint density at radius 3 is 2.83 bits per heavy atom. The van der Waals surface area contributed by atoms with E-state index >= 15 is 0 Å². The van der Waals surface area contributed by atoms with E-state index in [1.54, 1.807) is 6.33 Å². The second kappa shape index (κ2) is 6.73. The van der Waals surface area contributed by atoms with Crippen LogP contribution in [-0.4, -0.2) is 30.7 Å². The van der Waals surface area contributed by atoms with Gasteiger partial charge >= 0.3 is 0 Å². The highest BCUT2D eigenvalue weighted by Crippen LogP contribution is 2.40. The van der Waals surface area contributed by atoms with Crippen molar-refractivity contribution in [1.29, 1.82) is 0 Å². The number of halogens is 1. The molecule has 0 radical (unpaired) electrons. The zero-order chi connectivity index (χ0) is 17.4. The van der Waals surface area contributed by atoms with Crippen LogP contribution in [0.25, 0.3) is 22.1 Å².